The van der Waals surface area contributed by atoms with Crippen LogP contribution in [0, 0.1) is 5.92 Å². The van der Waals surface area contributed by atoms with Gasteiger partial charge in [0, 0.05) is 5.92 Å². The topological polar surface area (TPSA) is 86.2 Å². The maximum Gasteiger partial charge on any atom is 0.343 e. The molecule has 0 unspecified atom stereocenters. The fourth-order valence-electron chi connectivity index (χ4n) is 3.36. The summed E-state index contributed by atoms with van der Waals surface area (Å²) >= 11 is 0. The van der Waals surface area contributed by atoms with Crippen LogP contribution in [0.5, 0.6) is 17.2 Å². The van der Waals surface area contributed by atoms with Crippen LogP contribution in [-0.4, -0.2) is 32.3 Å². The predicted octanol–water partition coefficient (Wildman–Crippen LogP) is 3.95. The zero-order chi connectivity index (χ0) is 21.3. The van der Waals surface area contributed by atoms with E-state index in [1.54, 1.807) is 55.8 Å². The van der Waals surface area contributed by atoms with Crippen molar-refractivity contribution >= 4 is 18.1 Å². The molecule has 0 atom stereocenters. The summed E-state index contributed by atoms with van der Waals surface area (Å²) < 4.78 is 15.9. The Kier molecular flexibility index (Phi) is 7.43. The number of carbonyl (C=O) groups excluding carboxylic acids is 2. The normalized spacial score (nSPS) is 14.3. The van der Waals surface area contributed by atoms with Gasteiger partial charge in [-0.05, 0) is 60.9 Å². The zero-order valence-corrected chi connectivity index (χ0v) is 17.2. The third-order valence-corrected chi connectivity index (χ3v) is 5.08. The van der Waals surface area contributed by atoms with Gasteiger partial charge < -0.3 is 14.2 Å². The van der Waals surface area contributed by atoms with Gasteiger partial charge in [0.2, 0.25) is 5.91 Å². The van der Waals surface area contributed by atoms with E-state index < -0.39 is 5.97 Å². The molecule has 3 rings (SSSR count). The second-order valence-corrected chi connectivity index (χ2v) is 7.10. The highest BCUT2D eigenvalue weighted by Crippen LogP contribution is 2.28. The van der Waals surface area contributed by atoms with Crippen LogP contribution in [0.4, 0.5) is 0 Å². The molecule has 0 aliphatic heterocycles. The Morgan fingerprint density at radius 3 is 2.37 bits per heavy atom. The Balaban J connectivity index is 1.62. The molecule has 1 N–H and O–H groups in total. The average Bonchev–Trinajstić information content (AvgIpc) is 2.80. The highest BCUT2D eigenvalue weighted by molar-refractivity contribution is 5.92. The van der Waals surface area contributed by atoms with E-state index in [9.17, 15) is 9.59 Å². The number of rotatable bonds is 7. The van der Waals surface area contributed by atoms with E-state index in [1.807, 2.05) is 0 Å². The number of hydrogen-bond acceptors (Lipinski definition) is 6. The van der Waals surface area contributed by atoms with E-state index in [2.05, 4.69) is 10.5 Å². The summed E-state index contributed by atoms with van der Waals surface area (Å²) in [6.07, 6.45) is 6.76. The minimum absolute atomic E-state index is 0.0389. The Hall–Kier alpha value is -3.35. The summed E-state index contributed by atoms with van der Waals surface area (Å²) in [6.45, 7) is 0. The Morgan fingerprint density at radius 1 is 0.967 bits per heavy atom. The van der Waals surface area contributed by atoms with Crippen LogP contribution in [0.1, 0.15) is 48.0 Å². The number of methoxy groups -OCH3 is 2. The van der Waals surface area contributed by atoms with Crippen LogP contribution in [0.3, 0.4) is 0 Å². The van der Waals surface area contributed by atoms with E-state index in [-0.39, 0.29) is 11.8 Å². The van der Waals surface area contributed by atoms with Gasteiger partial charge in [0.25, 0.3) is 0 Å². The summed E-state index contributed by atoms with van der Waals surface area (Å²) in [4.78, 5) is 24.5. The van der Waals surface area contributed by atoms with Crippen molar-refractivity contribution in [3.05, 3.63) is 53.6 Å². The molecule has 1 amide bonds. The summed E-state index contributed by atoms with van der Waals surface area (Å²) in [5.74, 6) is 0.842. The van der Waals surface area contributed by atoms with E-state index >= 15 is 0 Å². The molecule has 158 valence electrons. The summed E-state index contributed by atoms with van der Waals surface area (Å²) in [6, 6.07) is 11.7. The summed E-state index contributed by atoms with van der Waals surface area (Å²) in [7, 11) is 3.05. The summed E-state index contributed by atoms with van der Waals surface area (Å²) in [5.41, 5.74) is 3.72. The van der Waals surface area contributed by atoms with E-state index in [4.69, 9.17) is 14.2 Å². The third kappa shape index (κ3) is 5.59. The molecule has 1 aliphatic rings. The molecule has 1 aliphatic carbocycles. The molecule has 30 heavy (non-hydrogen) atoms. The Morgan fingerprint density at radius 2 is 1.70 bits per heavy atom. The quantitative estimate of drug-likeness (QED) is 0.323. The lowest BCUT2D eigenvalue weighted by Gasteiger charge is -2.19. The number of ether oxygens (including phenoxy) is 3. The Bertz CT molecular complexity index is 902. The van der Waals surface area contributed by atoms with E-state index in [0.29, 0.717) is 28.4 Å². The Labute approximate surface area is 176 Å². The molecule has 1 fully saturated rings. The van der Waals surface area contributed by atoms with Crippen LogP contribution in [0.25, 0.3) is 0 Å². The van der Waals surface area contributed by atoms with Crippen molar-refractivity contribution in [1.29, 1.82) is 0 Å². The molecule has 1 saturated carbocycles. The maximum absolute atomic E-state index is 12.4. The smallest absolute Gasteiger partial charge is 0.343 e. The number of esters is 1. The van der Waals surface area contributed by atoms with Gasteiger partial charge in [0.15, 0.2) is 11.5 Å². The second-order valence-electron chi connectivity index (χ2n) is 7.10. The van der Waals surface area contributed by atoms with Gasteiger partial charge in [-0.25, -0.2) is 10.2 Å². The van der Waals surface area contributed by atoms with Gasteiger partial charge in [-0.1, -0.05) is 19.3 Å². The van der Waals surface area contributed by atoms with Gasteiger partial charge in [-0.3, -0.25) is 4.79 Å². The van der Waals surface area contributed by atoms with Crippen molar-refractivity contribution in [1.82, 2.24) is 5.43 Å². The van der Waals surface area contributed by atoms with Crippen molar-refractivity contribution in [2.45, 2.75) is 32.1 Å². The number of benzene rings is 2. The molecule has 0 aromatic heterocycles. The van der Waals surface area contributed by atoms with Crippen LogP contribution in [0.15, 0.2) is 47.6 Å². The molecule has 7 nitrogen and oxygen atoms in total. The molecule has 2 aromatic carbocycles. The molecule has 2 aromatic rings. The van der Waals surface area contributed by atoms with Gasteiger partial charge in [-0.2, -0.15) is 5.10 Å². The minimum atomic E-state index is -0.503. The highest BCUT2D eigenvalue weighted by Gasteiger charge is 2.20. The van der Waals surface area contributed by atoms with Crippen molar-refractivity contribution in [3.8, 4) is 17.2 Å². The van der Waals surface area contributed by atoms with Crippen molar-refractivity contribution < 1.29 is 23.8 Å². The number of nitrogens with one attached hydrogen (secondary N) is 1. The monoisotopic (exact) mass is 410 g/mol. The van der Waals surface area contributed by atoms with Gasteiger partial charge in [-0.15, -0.1) is 0 Å². The number of carbonyl (C=O) groups is 2. The number of hydrogen-bond donors (Lipinski definition) is 1. The van der Waals surface area contributed by atoms with E-state index in [1.165, 1.54) is 13.5 Å². The molecule has 0 saturated heterocycles. The number of amides is 1. The lowest BCUT2D eigenvalue weighted by Crippen LogP contribution is -2.28. The first kappa shape index (κ1) is 21.4. The molecule has 0 heterocycles. The van der Waals surface area contributed by atoms with Crippen LogP contribution in [-0.2, 0) is 4.79 Å². The minimum Gasteiger partial charge on any atom is -0.497 e. The molecule has 0 bridgehead atoms. The fraction of sp³-hybridized carbons (Fsp3) is 0.348. The lowest BCUT2D eigenvalue weighted by atomic mass is 9.89. The van der Waals surface area contributed by atoms with Crippen molar-refractivity contribution in [2.75, 3.05) is 14.2 Å². The third-order valence-electron chi connectivity index (χ3n) is 5.08. The SMILES string of the molecule is COc1ccc(C(=O)Oc2ccc(C=NNC(=O)C3CCCCC3)cc2OC)cc1. The van der Waals surface area contributed by atoms with Crippen LogP contribution < -0.4 is 19.6 Å². The first-order valence-electron chi connectivity index (χ1n) is 9.98. The van der Waals surface area contributed by atoms with Crippen molar-refractivity contribution in [2.24, 2.45) is 11.0 Å². The van der Waals surface area contributed by atoms with Crippen molar-refractivity contribution in [3.63, 3.8) is 0 Å². The van der Waals surface area contributed by atoms with Gasteiger partial charge in [0.05, 0.1) is 26.0 Å². The van der Waals surface area contributed by atoms with Crippen LogP contribution >= 0.6 is 0 Å². The molecule has 7 heteroatoms. The first-order chi connectivity index (χ1) is 14.6. The van der Waals surface area contributed by atoms with Gasteiger partial charge >= 0.3 is 5.97 Å². The largest absolute Gasteiger partial charge is 0.497 e. The van der Waals surface area contributed by atoms with Crippen LogP contribution in [0.2, 0.25) is 0 Å². The van der Waals surface area contributed by atoms with E-state index in [0.717, 1.165) is 25.7 Å². The standard InChI is InChI=1S/C23H26N2O5/c1-28-19-11-9-18(10-12-19)23(27)30-20-13-8-16(14-21(20)29-2)15-24-25-22(26)17-6-4-3-5-7-17/h8-15,17H,3-7H2,1-2H3,(H,25,26). The summed E-state index contributed by atoms with van der Waals surface area (Å²) in [5, 5.41) is 4.05. The predicted molar refractivity (Wildman–Crippen MR) is 113 cm³/mol. The van der Waals surface area contributed by atoms with Gasteiger partial charge in [0.1, 0.15) is 5.75 Å². The number of nitrogens with zero attached hydrogens (tertiary/aromatic N) is 1. The maximum atomic E-state index is 12.4. The molecular formula is C23H26N2O5. The zero-order valence-electron chi connectivity index (χ0n) is 17.2. The first-order valence-corrected chi connectivity index (χ1v) is 9.98. The fourth-order valence-corrected chi connectivity index (χ4v) is 3.36. The lowest BCUT2D eigenvalue weighted by molar-refractivity contribution is -0.125. The second kappa shape index (κ2) is 10.4. The average molecular weight is 410 g/mol. The molecular weight excluding hydrogens is 384 g/mol. The number of hydrazone groups is 1. The highest BCUT2D eigenvalue weighted by atomic mass is 16.6. The molecule has 0 radical (unpaired) electrons. The molecule has 0 spiro atoms.